The van der Waals surface area contributed by atoms with Gasteiger partial charge in [0.1, 0.15) is 5.69 Å². The molecule has 0 bridgehead atoms. The van der Waals surface area contributed by atoms with E-state index >= 15 is 0 Å². The van der Waals surface area contributed by atoms with Crippen LogP contribution in [0.3, 0.4) is 0 Å². The first-order chi connectivity index (χ1) is 13.7. The molecule has 144 valence electrons. The number of rotatable bonds is 5. The van der Waals surface area contributed by atoms with Crippen LogP contribution in [0.2, 0.25) is 5.02 Å². The smallest absolute Gasteiger partial charge is 0.260 e. The number of aromatic nitrogens is 4. The van der Waals surface area contributed by atoms with Crippen LogP contribution in [0.15, 0.2) is 42.7 Å². The van der Waals surface area contributed by atoms with Gasteiger partial charge < -0.3 is 14.5 Å². The molecule has 0 aliphatic carbocycles. The summed E-state index contributed by atoms with van der Waals surface area (Å²) in [6.45, 7) is 2.49. The minimum absolute atomic E-state index is 0.0756. The number of halogens is 1. The maximum Gasteiger partial charge on any atom is 0.260 e. The summed E-state index contributed by atoms with van der Waals surface area (Å²) in [6.07, 6.45) is 3.43. The fourth-order valence-electron chi connectivity index (χ4n) is 2.89. The second-order valence-electron chi connectivity index (χ2n) is 6.13. The Labute approximate surface area is 171 Å². The normalized spacial score (nSPS) is 14.2. The summed E-state index contributed by atoms with van der Waals surface area (Å²) in [4.78, 5) is 24.9. The molecule has 3 aromatic rings. The van der Waals surface area contributed by atoms with E-state index in [4.69, 9.17) is 16.3 Å². The lowest BCUT2D eigenvalue weighted by Gasteiger charge is -2.34. The first-order valence-electron chi connectivity index (χ1n) is 8.72. The van der Waals surface area contributed by atoms with Crippen LogP contribution in [-0.2, 0) is 4.79 Å². The Morgan fingerprint density at radius 2 is 1.79 bits per heavy atom. The van der Waals surface area contributed by atoms with Gasteiger partial charge in [-0.05, 0) is 18.2 Å². The van der Waals surface area contributed by atoms with Crippen LogP contribution < -0.4 is 9.64 Å². The second kappa shape index (κ2) is 8.49. The third-order valence-corrected chi connectivity index (χ3v) is 5.14. The molecule has 1 saturated heterocycles. The van der Waals surface area contributed by atoms with Gasteiger partial charge in [0, 0.05) is 49.2 Å². The highest BCUT2D eigenvalue weighted by Crippen LogP contribution is 2.28. The molecule has 4 rings (SSSR count). The number of hydrogen-bond acceptors (Lipinski definition) is 8. The Balaban J connectivity index is 1.32. The minimum Gasteiger partial charge on any atom is -0.465 e. The van der Waals surface area contributed by atoms with Gasteiger partial charge in [0.25, 0.3) is 11.8 Å². The van der Waals surface area contributed by atoms with E-state index in [1.54, 1.807) is 35.5 Å². The molecule has 1 aliphatic rings. The maximum absolute atomic E-state index is 12.5. The van der Waals surface area contributed by atoms with Crippen LogP contribution in [0.1, 0.15) is 0 Å². The average Bonchev–Trinajstić information content (AvgIpc) is 3.22. The first-order valence-corrected chi connectivity index (χ1v) is 9.82. The van der Waals surface area contributed by atoms with Gasteiger partial charge in [-0.25, -0.2) is 9.97 Å². The Morgan fingerprint density at radius 3 is 2.50 bits per heavy atom. The zero-order valence-corrected chi connectivity index (χ0v) is 16.4. The summed E-state index contributed by atoms with van der Waals surface area (Å²) in [6, 6.07) is 9.03. The van der Waals surface area contributed by atoms with Crippen LogP contribution >= 0.6 is 23.3 Å². The van der Waals surface area contributed by atoms with Crippen LogP contribution in [0.4, 0.5) is 5.95 Å². The molecule has 0 spiro atoms. The van der Waals surface area contributed by atoms with Crippen molar-refractivity contribution in [2.24, 2.45) is 0 Å². The highest BCUT2D eigenvalue weighted by Gasteiger charge is 2.23. The van der Waals surface area contributed by atoms with Crippen molar-refractivity contribution < 1.29 is 9.53 Å². The molecule has 0 atom stereocenters. The van der Waals surface area contributed by atoms with Crippen molar-refractivity contribution in [3.05, 3.63) is 47.7 Å². The molecule has 1 fully saturated rings. The predicted molar refractivity (Wildman–Crippen MR) is 107 cm³/mol. The highest BCUT2D eigenvalue weighted by molar-refractivity contribution is 6.99. The number of anilines is 1. The van der Waals surface area contributed by atoms with Gasteiger partial charge in [0.05, 0.1) is 11.7 Å². The molecule has 0 radical (unpaired) electrons. The molecule has 2 aromatic heterocycles. The molecule has 8 nitrogen and oxygen atoms in total. The Bertz CT molecular complexity index is 929. The summed E-state index contributed by atoms with van der Waals surface area (Å²) >= 11 is 6.97. The number of piperazine rings is 1. The molecular weight excluding hydrogens is 400 g/mol. The van der Waals surface area contributed by atoms with E-state index in [1.165, 1.54) is 0 Å². The molecule has 1 aliphatic heterocycles. The van der Waals surface area contributed by atoms with E-state index in [0.717, 1.165) is 17.3 Å². The van der Waals surface area contributed by atoms with Gasteiger partial charge in [0.2, 0.25) is 5.95 Å². The third-order valence-electron chi connectivity index (χ3n) is 4.38. The number of hydrogen-bond donors (Lipinski definition) is 0. The Hall–Kier alpha value is -2.78. The van der Waals surface area contributed by atoms with Gasteiger partial charge in [-0.3, -0.25) is 4.79 Å². The third kappa shape index (κ3) is 4.20. The van der Waals surface area contributed by atoms with E-state index in [9.17, 15) is 4.79 Å². The zero-order valence-electron chi connectivity index (χ0n) is 14.9. The van der Waals surface area contributed by atoms with Crippen LogP contribution in [0, 0.1) is 0 Å². The number of carbonyl (C=O) groups excluding carboxylic acids is 1. The van der Waals surface area contributed by atoms with Gasteiger partial charge >= 0.3 is 0 Å². The highest BCUT2D eigenvalue weighted by atomic mass is 35.5. The lowest BCUT2D eigenvalue weighted by atomic mass is 10.2. The summed E-state index contributed by atoms with van der Waals surface area (Å²) in [5.74, 6) is 0.965. The van der Waals surface area contributed by atoms with Crippen molar-refractivity contribution in [3.63, 3.8) is 0 Å². The van der Waals surface area contributed by atoms with Crippen molar-refractivity contribution in [2.75, 3.05) is 37.7 Å². The van der Waals surface area contributed by atoms with Gasteiger partial charge in [-0.2, -0.15) is 4.37 Å². The number of nitrogens with zero attached hydrogens (tertiary/aromatic N) is 6. The quantitative estimate of drug-likeness (QED) is 0.631. The summed E-state index contributed by atoms with van der Waals surface area (Å²) in [7, 11) is 0. The van der Waals surface area contributed by atoms with E-state index in [-0.39, 0.29) is 12.5 Å². The van der Waals surface area contributed by atoms with E-state index in [0.29, 0.717) is 48.7 Å². The Morgan fingerprint density at radius 1 is 1.07 bits per heavy atom. The van der Waals surface area contributed by atoms with Gasteiger partial charge in [-0.15, -0.1) is 4.37 Å². The topological polar surface area (TPSA) is 84.3 Å². The molecule has 10 heteroatoms. The van der Waals surface area contributed by atoms with E-state index in [2.05, 4.69) is 23.6 Å². The summed E-state index contributed by atoms with van der Waals surface area (Å²) < 4.78 is 14.1. The minimum atomic E-state index is -0.0799. The summed E-state index contributed by atoms with van der Waals surface area (Å²) in [5, 5.41) is 0.643. The fourth-order valence-corrected chi connectivity index (χ4v) is 3.54. The van der Waals surface area contributed by atoms with Crippen molar-refractivity contribution >= 4 is 35.2 Å². The fraction of sp³-hybridized carbons (Fsp3) is 0.278. The van der Waals surface area contributed by atoms with Crippen molar-refractivity contribution in [2.45, 2.75) is 0 Å². The van der Waals surface area contributed by atoms with E-state index in [1.807, 2.05) is 12.1 Å². The number of carbonyl (C=O) groups is 1. The second-order valence-corrected chi connectivity index (χ2v) is 7.10. The van der Waals surface area contributed by atoms with Gasteiger partial charge in [-0.1, -0.05) is 23.7 Å². The number of benzene rings is 1. The zero-order chi connectivity index (χ0) is 19.3. The Kier molecular flexibility index (Phi) is 5.63. The monoisotopic (exact) mass is 416 g/mol. The lowest BCUT2D eigenvalue weighted by molar-refractivity contribution is -0.133. The first kappa shape index (κ1) is 18.6. The van der Waals surface area contributed by atoms with Gasteiger partial charge in [0.15, 0.2) is 6.61 Å². The van der Waals surface area contributed by atoms with Crippen LogP contribution in [0.25, 0.3) is 11.3 Å². The van der Waals surface area contributed by atoms with Crippen molar-refractivity contribution in [1.82, 2.24) is 23.6 Å². The molecule has 0 saturated carbocycles. The van der Waals surface area contributed by atoms with Crippen LogP contribution in [0.5, 0.6) is 5.88 Å². The molecule has 28 heavy (non-hydrogen) atoms. The molecule has 0 unspecified atom stereocenters. The van der Waals surface area contributed by atoms with Crippen LogP contribution in [-0.4, -0.2) is 62.3 Å². The molecule has 0 N–H and O–H groups in total. The standard InChI is InChI=1S/C18H17ClN6O2S/c19-14-4-2-13(3-5-14)16-17(23-28-22-16)27-12-15(26)24-8-10-25(11-9-24)18-20-6-1-7-21-18/h1-7H,8-12H2. The van der Waals surface area contributed by atoms with Crippen molar-refractivity contribution in [3.8, 4) is 17.1 Å². The molecule has 1 aromatic carbocycles. The SMILES string of the molecule is O=C(COc1nsnc1-c1ccc(Cl)cc1)N1CCN(c2ncccn2)CC1. The number of ether oxygens (including phenoxy) is 1. The molecular formula is C18H17ClN6O2S. The molecule has 3 heterocycles. The summed E-state index contributed by atoms with van der Waals surface area (Å²) in [5.41, 5.74) is 1.46. The number of amides is 1. The van der Waals surface area contributed by atoms with E-state index < -0.39 is 0 Å². The maximum atomic E-state index is 12.5. The average molecular weight is 417 g/mol. The van der Waals surface area contributed by atoms with Crippen molar-refractivity contribution in [1.29, 1.82) is 0 Å². The largest absolute Gasteiger partial charge is 0.465 e. The molecule has 1 amide bonds. The predicted octanol–water partition coefficient (Wildman–Crippen LogP) is 2.38. The lowest BCUT2D eigenvalue weighted by Crippen LogP contribution is -2.50.